The first-order valence-corrected chi connectivity index (χ1v) is 6.27. The van der Waals surface area contributed by atoms with E-state index in [1.54, 1.807) is 4.90 Å². The second-order valence-electron chi connectivity index (χ2n) is 5.05. The molecule has 96 valence electrons. The molecule has 1 N–H and O–H groups in total. The molecule has 2 aliphatic rings. The molecule has 0 bridgehead atoms. The van der Waals surface area contributed by atoms with Crippen LogP contribution in [0.1, 0.15) is 26.7 Å². The number of hydrogen-bond acceptors (Lipinski definition) is 3. The third-order valence-corrected chi connectivity index (χ3v) is 3.54. The molecular weight excluding hydrogens is 220 g/mol. The number of nitrogens with zero attached hydrogens (tertiary/aromatic N) is 1. The van der Waals surface area contributed by atoms with Crippen LogP contribution in [0, 0.1) is 5.92 Å². The summed E-state index contributed by atoms with van der Waals surface area (Å²) in [4.78, 5) is 25.6. The van der Waals surface area contributed by atoms with E-state index in [0.717, 1.165) is 12.8 Å². The van der Waals surface area contributed by atoms with Crippen molar-refractivity contribution in [3.63, 3.8) is 0 Å². The van der Waals surface area contributed by atoms with Crippen molar-refractivity contribution in [2.45, 2.75) is 38.8 Å². The van der Waals surface area contributed by atoms with Gasteiger partial charge in [-0.25, -0.2) is 0 Å². The first-order chi connectivity index (χ1) is 8.09. The topological polar surface area (TPSA) is 58.6 Å². The van der Waals surface area contributed by atoms with Crippen LogP contribution < -0.4 is 5.32 Å². The zero-order valence-corrected chi connectivity index (χ0v) is 10.4. The van der Waals surface area contributed by atoms with Crippen LogP contribution in [0.5, 0.6) is 0 Å². The van der Waals surface area contributed by atoms with Crippen molar-refractivity contribution in [2.75, 3.05) is 19.8 Å². The molecule has 0 aromatic carbocycles. The van der Waals surface area contributed by atoms with E-state index in [-0.39, 0.29) is 36.4 Å². The van der Waals surface area contributed by atoms with Crippen LogP contribution in [-0.4, -0.2) is 48.6 Å². The Bertz CT molecular complexity index is 311. The second kappa shape index (κ2) is 5.04. The molecule has 2 aliphatic heterocycles. The summed E-state index contributed by atoms with van der Waals surface area (Å²) in [7, 11) is 0. The molecule has 2 saturated heterocycles. The molecule has 0 aromatic rings. The van der Waals surface area contributed by atoms with Crippen LogP contribution in [-0.2, 0) is 14.3 Å². The number of ether oxygens (including phenoxy) is 1. The molecule has 0 radical (unpaired) electrons. The Kier molecular flexibility index (Phi) is 3.66. The molecule has 2 fully saturated rings. The molecule has 2 heterocycles. The zero-order valence-electron chi connectivity index (χ0n) is 10.4. The molecule has 0 aromatic heterocycles. The van der Waals surface area contributed by atoms with Crippen molar-refractivity contribution in [2.24, 2.45) is 5.92 Å². The van der Waals surface area contributed by atoms with Crippen molar-refractivity contribution in [1.29, 1.82) is 0 Å². The van der Waals surface area contributed by atoms with E-state index in [2.05, 4.69) is 5.32 Å². The van der Waals surface area contributed by atoms with Gasteiger partial charge < -0.3 is 15.0 Å². The van der Waals surface area contributed by atoms with Crippen molar-refractivity contribution in [3.05, 3.63) is 0 Å². The van der Waals surface area contributed by atoms with Gasteiger partial charge >= 0.3 is 0 Å². The number of carbonyl (C=O) groups excluding carboxylic acids is 2. The van der Waals surface area contributed by atoms with Crippen LogP contribution in [0.15, 0.2) is 0 Å². The standard InChI is InChI=1S/C12H20N2O3/c1-8(2)14-7-10(15)13-11(12(14)16)9-3-5-17-6-4-9/h8-9,11H,3-7H2,1-2H3,(H,13,15)/t11-/m1/s1. The van der Waals surface area contributed by atoms with E-state index >= 15 is 0 Å². The molecule has 0 spiro atoms. The van der Waals surface area contributed by atoms with E-state index < -0.39 is 0 Å². The first kappa shape index (κ1) is 12.4. The third kappa shape index (κ3) is 2.60. The molecule has 2 rings (SSSR count). The second-order valence-corrected chi connectivity index (χ2v) is 5.05. The van der Waals surface area contributed by atoms with Gasteiger partial charge in [0.2, 0.25) is 11.8 Å². The largest absolute Gasteiger partial charge is 0.381 e. The fraction of sp³-hybridized carbons (Fsp3) is 0.833. The normalized spacial score (nSPS) is 27.5. The monoisotopic (exact) mass is 240 g/mol. The lowest BCUT2D eigenvalue weighted by molar-refractivity contribution is -0.148. The lowest BCUT2D eigenvalue weighted by Crippen LogP contribution is -2.62. The Hall–Kier alpha value is -1.10. The number of piperazine rings is 1. The molecule has 0 unspecified atom stereocenters. The molecule has 0 aliphatic carbocycles. The minimum Gasteiger partial charge on any atom is -0.381 e. The van der Waals surface area contributed by atoms with Gasteiger partial charge in [-0.3, -0.25) is 9.59 Å². The maximum Gasteiger partial charge on any atom is 0.246 e. The SMILES string of the molecule is CC(C)N1CC(=O)N[C@H](C2CCOCC2)C1=O. The number of nitrogens with one attached hydrogen (secondary N) is 1. The van der Waals surface area contributed by atoms with Crippen LogP contribution in [0.2, 0.25) is 0 Å². The van der Waals surface area contributed by atoms with Crippen LogP contribution in [0.25, 0.3) is 0 Å². The Morgan fingerprint density at radius 1 is 1.29 bits per heavy atom. The van der Waals surface area contributed by atoms with Crippen molar-refractivity contribution < 1.29 is 14.3 Å². The Labute approximate surface area is 101 Å². The fourth-order valence-corrected chi connectivity index (χ4v) is 2.50. The number of hydrogen-bond donors (Lipinski definition) is 1. The minimum absolute atomic E-state index is 0.0465. The van der Waals surface area contributed by atoms with Crippen LogP contribution in [0.3, 0.4) is 0 Å². The highest BCUT2D eigenvalue weighted by atomic mass is 16.5. The molecule has 17 heavy (non-hydrogen) atoms. The molecule has 0 saturated carbocycles. The van der Waals surface area contributed by atoms with Gasteiger partial charge in [-0.15, -0.1) is 0 Å². The summed E-state index contributed by atoms with van der Waals surface area (Å²) in [5.41, 5.74) is 0. The van der Waals surface area contributed by atoms with Crippen molar-refractivity contribution in [3.8, 4) is 0 Å². The minimum atomic E-state index is -0.345. The average molecular weight is 240 g/mol. The Morgan fingerprint density at radius 3 is 2.53 bits per heavy atom. The van der Waals surface area contributed by atoms with Gasteiger partial charge in [-0.1, -0.05) is 0 Å². The smallest absolute Gasteiger partial charge is 0.246 e. The average Bonchev–Trinajstić information content (AvgIpc) is 2.32. The van der Waals surface area contributed by atoms with Gasteiger partial charge in [0.15, 0.2) is 0 Å². The predicted octanol–water partition coefficient (Wildman–Crippen LogP) is 0.148. The van der Waals surface area contributed by atoms with Crippen LogP contribution in [0.4, 0.5) is 0 Å². The number of amides is 2. The summed E-state index contributed by atoms with van der Waals surface area (Å²) in [6.45, 7) is 5.45. The summed E-state index contributed by atoms with van der Waals surface area (Å²) in [5, 5.41) is 2.84. The predicted molar refractivity (Wildman–Crippen MR) is 62.3 cm³/mol. The molecule has 5 nitrogen and oxygen atoms in total. The van der Waals surface area contributed by atoms with Gasteiger partial charge in [-0.2, -0.15) is 0 Å². The quantitative estimate of drug-likeness (QED) is 0.747. The Balaban J connectivity index is 2.09. The highest BCUT2D eigenvalue weighted by molar-refractivity contribution is 5.95. The fourth-order valence-electron chi connectivity index (χ4n) is 2.50. The Morgan fingerprint density at radius 2 is 1.94 bits per heavy atom. The maximum absolute atomic E-state index is 12.3. The van der Waals surface area contributed by atoms with E-state index in [9.17, 15) is 9.59 Å². The van der Waals surface area contributed by atoms with E-state index in [0.29, 0.717) is 13.2 Å². The van der Waals surface area contributed by atoms with E-state index in [1.807, 2.05) is 13.8 Å². The summed E-state index contributed by atoms with van der Waals surface area (Å²) in [6.07, 6.45) is 1.70. The summed E-state index contributed by atoms with van der Waals surface area (Å²) < 4.78 is 5.29. The maximum atomic E-state index is 12.3. The molecule has 2 amide bonds. The zero-order chi connectivity index (χ0) is 12.4. The molecular formula is C12H20N2O3. The lowest BCUT2D eigenvalue weighted by atomic mass is 9.89. The first-order valence-electron chi connectivity index (χ1n) is 6.27. The van der Waals surface area contributed by atoms with Crippen LogP contribution >= 0.6 is 0 Å². The summed E-state index contributed by atoms with van der Waals surface area (Å²) in [5.74, 6) is 0.239. The van der Waals surface area contributed by atoms with Gasteiger partial charge in [0.05, 0.1) is 6.54 Å². The van der Waals surface area contributed by atoms with E-state index in [4.69, 9.17) is 4.74 Å². The summed E-state index contributed by atoms with van der Waals surface area (Å²) in [6, 6.07) is -0.265. The molecule has 5 heteroatoms. The molecule has 1 atom stereocenters. The summed E-state index contributed by atoms with van der Waals surface area (Å²) >= 11 is 0. The number of carbonyl (C=O) groups is 2. The van der Waals surface area contributed by atoms with E-state index in [1.165, 1.54) is 0 Å². The van der Waals surface area contributed by atoms with Crippen molar-refractivity contribution in [1.82, 2.24) is 10.2 Å². The number of rotatable bonds is 2. The highest BCUT2D eigenvalue weighted by Crippen LogP contribution is 2.22. The van der Waals surface area contributed by atoms with Gasteiger partial charge in [0, 0.05) is 19.3 Å². The van der Waals surface area contributed by atoms with Gasteiger partial charge in [0.25, 0.3) is 0 Å². The third-order valence-electron chi connectivity index (χ3n) is 3.54. The van der Waals surface area contributed by atoms with Gasteiger partial charge in [-0.05, 0) is 32.6 Å². The highest BCUT2D eigenvalue weighted by Gasteiger charge is 2.39. The van der Waals surface area contributed by atoms with Crippen molar-refractivity contribution >= 4 is 11.8 Å². The van der Waals surface area contributed by atoms with Gasteiger partial charge in [0.1, 0.15) is 6.04 Å². The lowest BCUT2D eigenvalue weighted by Gasteiger charge is -2.39.